The van der Waals surface area contributed by atoms with E-state index in [1.165, 1.54) is 0 Å². The number of rotatable bonds is 6. The Kier molecular flexibility index (Phi) is 5.05. The van der Waals surface area contributed by atoms with Gasteiger partial charge in [0.05, 0.1) is 5.75 Å². The monoisotopic (exact) mass is 294 g/mol. The molecule has 0 radical (unpaired) electrons. The second-order valence-electron chi connectivity index (χ2n) is 3.77. The summed E-state index contributed by atoms with van der Waals surface area (Å²) >= 11 is 5.73. The zero-order valence-electron chi connectivity index (χ0n) is 10.1. The second-order valence-corrected chi connectivity index (χ2v) is 5.84. The molecule has 0 saturated heterocycles. The Bertz CT molecular complexity index is 506. The summed E-state index contributed by atoms with van der Waals surface area (Å²) in [6.45, 7) is 0.379. The molecule has 1 rings (SSSR count). The molecule has 102 valence electrons. The van der Waals surface area contributed by atoms with Crippen molar-refractivity contribution in [3.63, 3.8) is 0 Å². The number of halogens is 1. The maximum absolute atomic E-state index is 10.7. The van der Waals surface area contributed by atoms with Gasteiger partial charge in [-0.25, -0.2) is 13.6 Å². The van der Waals surface area contributed by atoms with Crippen LogP contribution in [-0.2, 0) is 10.0 Å². The first kappa shape index (κ1) is 14.9. The van der Waals surface area contributed by atoms with Gasteiger partial charge in [0, 0.05) is 20.6 Å². The average molecular weight is 295 g/mol. The van der Waals surface area contributed by atoms with Crippen LogP contribution in [0.15, 0.2) is 0 Å². The molecule has 0 aliphatic rings. The van der Waals surface area contributed by atoms with Crippen molar-refractivity contribution in [3.05, 3.63) is 5.28 Å². The van der Waals surface area contributed by atoms with E-state index in [-0.39, 0.29) is 11.0 Å². The highest BCUT2D eigenvalue weighted by Crippen LogP contribution is 2.11. The van der Waals surface area contributed by atoms with Crippen molar-refractivity contribution in [2.75, 3.05) is 36.6 Å². The van der Waals surface area contributed by atoms with Gasteiger partial charge in [-0.05, 0) is 18.0 Å². The molecule has 10 heteroatoms. The van der Waals surface area contributed by atoms with Gasteiger partial charge >= 0.3 is 0 Å². The predicted octanol–water partition coefficient (Wildman–Crippen LogP) is -0.318. The van der Waals surface area contributed by atoms with Crippen molar-refractivity contribution in [2.45, 2.75) is 6.42 Å². The number of nitrogens with two attached hydrogens (primary N) is 1. The molecule has 0 atom stereocenters. The molecule has 0 amide bonds. The van der Waals surface area contributed by atoms with Crippen molar-refractivity contribution in [1.29, 1.82) is 0 Å². The van der Waals surface area contributed by atoms with Crippen LogP contribution < -0.4 is 15.4 Å². The van der Waals surface area contributed by atoms with E-state index < -0.39 is 10.0 Å². The summed E-state index contributed by atoms with van der Waals surface area (Å²) in [5.41, 5.74) is 0. The van der Waals surface area contributed by atoms with Gasteiger partial charge in [0.2, 0.25) is 27.2 Å². The molecular weight excluding hydrogens is 280 g/mol. The molecule has 8 nitrogen and oxygen atoms in total. The lowest BCUT2D eigenvalue weighted by molar-refractivity contribution is 0.595. The van der Waals surface area contributed by atoms with Crippen LogP contribution in [0.3, 0.4) is 0 Å². The quantitative estimate of drug-likeness (QED) is 0.691. The first-order valence-corrected chi connectivity index (χ1v) is 7.20. The molecule has 0 saturated carbocycles. The molecule has 0 aliphatic heterocycles. The molecule has 0 bridgehead atoms. The van der Waals surface area contributed by atoms with Crippen LogP contribution in [0.5, 0.6) is 0 Å². The summed E-state index contributed by atoms with van der Waals surface area (Å²) < 4.78 is 21.4. The Labute approximate surface area is 111 Å². The normalized spacial score (nSPS) is 11.3. The molecule has 0 fully saturated rings. The van der Waals surface area contributed by atoms with Crippen LogP contribution in [0.4, 0.5) is 11.9 Å². The van der Waals surface area contributed by atoms with Gasteiger partial charge in [0.25, 0.3) is 0 Å². The second kappa shape index (κ2) is 6.12. The first-order valence-electron chi connectivity index (χ1n) is 5.11. The van der Waals surface area contributed by atoms with E-state index in [1.807, 2.05) is 0 Å². The third-order valence-corrected chi connectivity index (χ3v) is 2.91. The third-order valence-electron chi connectivity index (χ3n) is 1.89. The Morgan fingerprint density at radius 1 is 1.33 bits per heavy atom. The number of anilines is 2. The van der Waals surface area contributed by atoms with E-state index in [9.17, 15) is 8.42 Å². The van der Waals surface area contributed by atoms with Crippen LogP contribution in [0, 0.1) is 0 Å². The Hall–Kier alpha value is -1.19. The number of aromatic nitrogens is 3. The molecule has 18 heavy (non-hydrogen) atoms. The van der Waals surface area contributed by atoms with Gasteiger partial charge in [-0.2, -0.15) is 15.0 Å². The van der Waals surface area contributed by atoms with Crippen LogP contribution >= 0.6 is 11.6 Å². The van der Waals surface area contributed by atoms with Gasteiger partial charge in [-0.15, -0.1) is 0 Å². The third kappa shape index (κ3) is 5.43. The summed E-state index contributed by atoms with van der Waals surface area (Å²) in [6.07, 6.45) is 0.361. The maximum atomic E-state index is 10.7. The standard InChI is InChI=1S/C8H15ClN6O2S/c1-15(2)8-13-6(9)12-7(14-8)11-4-3-5-18(10,16)17/h3-5H2,1-2H3,(H2,10,16,17)(H,11,12,13,14). The molecule has 1 heterocycles. The highest BCUT2D eigenvalue weighted by Gasteiger charge is 2.07. The van der Waals surface area contributed by atoms with Gasteiger partial charge in [0.15, 0.2) is 0 Å². The van der Waals surface area contributed by atoms with Crippen LogP contribution in [0.1, 0.15) is 6.42 Å². The summed E-state index contributed by atoms with van der Waals surface area (Å²) in [6, 6.07) is 0. The lowest BCUT2D eigenvalue weighted by Crippen LogP contribution is -2.19. The van der Waals surface area contributed by atoms with Gasteiger partial charge < -0.3 is 10.2 Å². The molecule has 0 aliphatic carbocycles. The van der Waals surface area contributed by atoms with Crippen LogP contribution in [0.25, 0.3) is 0 Å². The number of primary sulfonamides is 1. The summed E-state index contributed by atoms with van der Waals surface area (Å²) in [5.74, 6) is 0.622. The van der Waals surface area contributed by atoms with Gasteiger partial charge in [-0.3, -0.25) is 0 Å². The lowest BCUT2D eigenvalue weighted by Gasteiger charge is -2.11. The highest BCUT2D eigenvalue weighted by molar-refractivity contribution is 7.89. The lowest BCUT2D eigenvalue weighted by atomic mass is 10.5. The topological polar surface area (TPSA) is 114 Å². The molecule has 1 aromatic heterocycles. The van der Waals surface area contributed by atoms with Crippen molar-refractivity contribution in [3.8, 4) is 0 Å². The predicted molar refractivity (Wildman–Crippen MR) is 70.2 cm³/mol. The van der Waals surface area contributed by atoms with Crippen molar-refractivity contribution >= 4 is 33.5 Å². The Balaban J connectivity index is 2.57. The van der Waals surface area contributed by atoms with Crippen LogP contribution in [-0.4, -0.2) is 49.8 Å². The minimum Gasteiger partial charge on any atom is -0.354 e. The fraction of sp³-hybridized carbons (Fsp3) is 0.625. The fourth-order valence-corrected chi connectivity index (χ4v) is 1.79. The number of nitrogens with one attached hydrogen (secondary N) is 1. The van der Waals surface area contributed by atoms with E-state index in [0.717, 1.165) is 0 Å². The fourth-order valence-electron chi connectivity index (χ4n) is 1.09. The molecule has 1 aromatic rings. The van der Waals surface area contributed by atoms with Crippen molar-refractivity contribution < 1.29 is 8.42 Å². The number of nitrogens with zero attached hydrogens (tertiary/aromatic N) is 4. The van der Waals surface area contributed by atoms with Crippen LogP contribution in [0.2, 0.25) is 5.28 Å². The summed E-state index contributed by atoms with van der Waals surface area (Å²) in [5, 5.41) is 7.81. The first-order chi connectivity index (χ1) is 8.28. The minimum absolute atomic E-state index is 0.0719. The number of hydrogen-bond donors (Lipinski definition) is 2. The summed E-state index contributed by atoms with van der Waals surface area (Å²) in [7, 11) is 0.113. The largest absolute Gasteiger partial charge is 0.354 e. The maximum Gasteiger partial charge on any atom is 0.230 e. The van der Waals surface area contributed by atoms with Gasteiger partial charge in [-0.1, -0.05) is 0 Å². The molecule has 0 spiro atoms. The van der Waals surface area contributed by atoms with Gasteiger partial charge in [0.1, 0.15) is 0 Å². The zero-order chi connectivity index (χ0) is 13.8. The Morgan fingerprint density at radius 3 is 2.56 bits per heavy atom. The minimum atomic E-state index is -3.44. The number of sulfonamides is 1. The van der Waals surface area contributed by atoms with Crippen molar-refractivity contribution in [2.24, 2.45) is 5.14 Å². The highest BCUT2D eigenvalue weighted by atomic mass is 35.5. The van der Waals surface area contributed by atoms with E-state index in [4.69, 9.17) is 16.7 Å². The molecular formula is C8H15ClN6O2S. The Morgan fingerprint density at radius 2 is 2.00 bits per heavy atom. The smallest absolute Gasteiger partial charge is 0.230 e. The average Bonchev–Trinajstić information content (AvgIpc) is 2.22. The van der Waals surface area contributed by atoms with E-state index in [2.05, 4.69) is 20.3 Å². The zero-order valence-corrected chi connectivity index (χ0v) is 11.7. The van der Waals surface area contributed by atoms with E-state index >= 15 is 0 Å². The molecule has 0 unspecified atom stereocenters. The molecule has 3 N–H and O–H groups in total. The number of hydrogen-bond acceptors (Lipinski definition) is 7. The van der Waals surface area contributed by atoms with Crippen molar-refractivity contribution in [1.82, 2.24) is 15.0 Å². The van der Waals surface area contributed by atoms with E-state index in [1.54, 1.807) is 19.0 Å². The SMILES string of the molecule is CN(C)c1nc(Cl)nc(NCCCS(N)(=O)=O)n1. The van der Waals surface area contributed by atoms with E-state index in [0.29, 0.717) is 24.9 Å². The molecule has 0 aromatic carbocycles. The summed E-state index contributed by atoms with van der Waals surface area (Å²) in [4.78, 5) is 13.6.